The second-order valence-electron chi connectivity index (χ2n) is 8.15. The molecule has 1 aromatic carbocycles. The molecule has 2 N–H and O–H groups in total. The SMILES string of the molecule is CC=O.CCCC(CCC(C)CC)c1cc(N)on1.Cc1ccc(C2CC2)cc1. The number of aromatic nitrogens is 1. The van der Waals surface area contributed by atoms with Gasteiger partial charge in [0.15, 0.2) is 0 Å². The Morgan fingerprint density at radius 2 is 1.79 bits per heavy atom. The highest BCUT2D eigenvalue weighted by Gasteiger charge is 2.22. The Kier molecular flexibility index (Phi) is 12.0. The van der Waals surface area contributed by atoms with E-state index in [0.717, 1.165) is 23.8 Å². The van der Waals surface area contributed by atoms with E-state index in [-0.39, 0.29) is 0 Å². The predicted octanol–water partition coefficient (Wildman–Crippen LogP) is 7.04. The normalized spacial score (nSPS) is 14.7. The zero-order valence-corrected chi connectivity index (χ0v) is 19.0. The lowest BCUT2D eigenvalue weighted by molar-refractivity contribution is -0.106. The number of benzene rings is 1. The molecular formula is C25H40N2O2. The number of anilines is 1. The molecule has 1 saturated carbocycles. The van der Waals surface area contributed by atoms with Crippen LogP contribution in [0.15, 0.2) is 34.9 Å². The number of nitrogens with two attached hydrogens (primary N) is 1. The van der Waals surface area contributed by atoms with E-state index in [1.54, 1.807) is 0 Å². The van der Waals surface area contributed by atoms with Crippen LogP contribution in [-0.2, 0) is 4.79 Å². The van der Waals surface area contributed by atoms with Gasteiger partial charge in [-0.1, -0.05) is 75.0 Å². The first-order chi connectivity index (χ1) is 13.9. The van der Waals surface area contributed by atoms with Gasteiger partial charge in [-0.05, 0) is 56.9 Å². The summed E-state index contributed by atoms with van der Waals surface area (Å²) in [5.41, 5.74) is 9.49. The summed E-state index contributed by atoms with van der Waals surface area (Å²) in [5, 5.41) is 4.04. The van der Waals surface area contributed by atoms with E-state index < -0.39 is 0 Å². The number of carbonyl (C=O) groups is 1. The summed E-state index contributed by atoms with van der Waals surface area (Å²) >= 11 is 0. The highest BCUT2D eigenvalue weighted by atomic mass is 16.5. The van der Waals surface area contributed by atoms with Gasteiger partial charge >= 0.3 is 0 Å². The maximum absolute atomic E-state index is 8.81. The van der Waals surface area contributed by atoms with Gasteiger partial charge in [0, 0.05) is 12.0 Å². The van der Waals surface area contributed by atoms with Gasteiger partial charge < -0.3 is 15.1 Å². The molecule has 29 heavy (non-hydrogen) atoms. The third kappa shape index (κ3) is 10.3. The van der Waals surface area contributed by atoms with E-state index in [4.69, 9.17) is 15.1 Å². The Morgan fingerprint density at radius 1 is 1.17 bits per heavy atom. The Morgan fingerprint density at radius 3 is 2.24 bits per heavy atom. The molecule has 1 aliphatic carbocycles. The lowest BCUT2D eigenvalue weighted by atomic mass is 9.90. The lowest BCUT2D eigenvalue weighted by Gasteiger charge is -2.15. The van der Waals surface area contributed by atoms with Crippen molar-refractivity contribution in [1.29, 1.82) is 0 Å². The number of aldehydes is 1. The Balaban J connectivity index is 0.000000274. The standard InChI is InChI=1S/C13H24N2O.C10H12.C2H4O/c1-4-6-11(8-7-10(3)5-2)12-9-13(14)16-15-12;1-8-2-4-9(5-3-8)10-6-7-10;1-2-3/h9-11H,4-8,14H2,1-3H3;2-5,10H,6-7H2,1H3;2H,1H3. The summed E-state index contributed by atoms with van der Waals surface area (Å²) in [6.07, 6.45) is 9.61. The van der Waals surface area contributed by atoms with Crippen molar-refractivity contribution in [3.8, 4) is 0 Å². The van der Waals surface area contributed by atoms with Crippen molar-refractivity contribution in [3.63, 3.8) is 0 Å². The molecule has 2 atom stereocenters. The van der Waals surface area contributed by atoms with Crippen LogP contribution in [0.2, 0.25) is 0 Å². The molecule has 4 heteroatoms. The van der Waals surface area contributed by atoms with Gasteiger partial charge in [0.25, 0.3) is 0 Å². The Labute approximate surface area is 177 Å². The maximum atomic E-state index is 8.81. The van der Waals surface area contributed by atoms with Gasteiger partial charge in [0.1, 0.15) is 6.29 Å². The molecule has 4 nitrogen and oxygen atoms in total. The highest BCUT2D eigenvalue weighted by Crippen LogP contribution is 2.39. The van der Waals surface area contributed by atoms with Crippen molar-refractivity contribution in [1.82, 2.24) is 5.16 Å². The number of carbonyl (C=O) groups excluding carboxylic acids is 1. The van der Waals surface area contributed by atoms with Crippen molar-refractivity contribution in [2.45, 2.75) is 91.4 Å². The van der Waals surface area contributed by atoms with Gasteiger partial charge in [-0.2, -0.15) is 0 Å². The maximum Gasteiger partial charge on any atom is 0.222 e. The van der Waals surface area contributed by atoms with Crippen molar-refractivity contribution >= 4 is 12.2 Å². The van der Waals surface area contributed by atoms with E-state index in [9.17, 15) is 0 Å². The van der Waals surface area contributed by atoms with Crippen LogP contribution >= 0.6 is 0 Å². The molecule has 2 aromatic rings. The number of aryl methyl sites for hydroxylation is 1. The van der Waals surface area contributed by atoms with Crippen LogP contribution in [-0.4, -0.2) is 11.4 Å². The van der Waals surface area contributed by atoms with Crippen molar-refractivity contribution in [2.24, 2.45) is 5.92 Å². The van der Waals surface area contributed by atoms with Crippen LogP contribution in [0.4, 0.5) is 5.88 Å². The smallest absolute Gasteiger partial charge is 0.222 e. The van der Waals surface area contributed by atoms with Crippen molar-refractivity contribution in [2.75, 3.05) is 5.73 Å². The van der Waals surface area contributed by atoms with Gasteiger partial charge in [-0.3, -0.25) is 0 Å². The Bertz CT molecular complexity index is 674. The average molecular weight is 401 g/mol. The van der Waals surface area contributed by atoms with E-state index in [0.29, 0.717) is 11.8 Å². The molecule has 1 heterocycles. The minimum atomic E-state index is 0.430. The summed E-state index contributed by atoms with van der Waals surface area (Å²) in [4.78, 5) is 8.81. The summed E-state index contributed by atoms with van der Waals surface area (Å²) in [6, 6.07) is 10.8. The lowest BCUT2D eigenvalue weighted by Crippen LogP contribution is -2.02. The predicted molar refractivity (Wildman–Crippen MR) is 122 cm³/mol. The van der Waals surface area contributed by atoms with Crippen LogP contribution in [0.5, 0.6) is 0 Å². The minimum absolute atomic E-state index is 0.430. The van der Waals surface area contributed by atoms with Crippen LogP contribution in [0.1, 0.15) is 101 Å². The van der Waals surface area contributed by atoms with Gasteiger partial charge in [0.2, 0.25) is 5.88 Å². The monoisotopic (exact) mass is 400 g/mol. The number of hydrogen-bond donors (Lipinski definition) is 1. The minimum Gasteiger partial charge on any atom is -0.368 e. The van der Waals surface area contributed by atoms with E-state index in [1.165, 1.54) is 63.0 Å². The zero-order chi connectivity index (χ0) is 21.6. The van der Waals surface area contributed by atoms with Crippen LogP contribution in [0, 0.1) is 12.8 Å². The van der Waals surface area contributed by atoms with Gasteiger partial charge in [-0.15, -0.1) is 0 Å². The third-order valence-corrected chi connectivity index (χ3v) is 5.43. The first-order valence-corrected chi connectivity index (χ1v) is 11.1. The summed E-state index contributed by atoms with van der Waals surface area (Å²) in [6.45, 7) is 10.3. The first kappa shape index (κ1) is 24.9. The molecule has 0 radical (unpaired) electrons. The summed E-state index contributed by atoms with van der Waals surface area (Å²) in [7, 11) is 0. The zero-order valence-electron chi connectivity index (χ0n) is 19.0. The molecule has 3 rings (SSSR count). The number of nitrogen functional groups attached to an aromatic ring is 1. The molecule has 1 fully saturated rings. The molecule has 0 spiro atoms. The van der Waals surface area contributed by atoms with Gasteiger partial charge in [0.05, 0.1) is 5.69 Å². The summed E-state index contributed by atoms with van der Waals surface area (Å²) in [5.74, 6) is 2.64. The second kappa shape index (κ2) is 14.0. The molecule has 0 bridgehead atoms. The fourth-order valence-electron chi connectivity index (χ4n) is 3.23. The number of nitrogens with zero attached hydrogens (tertiary/aromatic N) is 1. The quantitative estimate of drug-likeness (QED) is 0.482. The van der Waals surface area contributed by atoms with Crippen molar-refractivity contribution < 1.29 is 9.32 Å². The van der Waals surface area contributed by atoms with E-state index in [2.05, 4.69) is 57.1 Å². The molecule has 1 aromatic heterocycles. The average Bonchev–Trinajstić information content (AvgIpc) is 3.47. The van der Waals surface area contributed by atoms with Crippen LogP contribution in [0.3, 0.4) is 0 Å². The number of rotatable bonds is 8. The third-order valence-electron chi connectivity index (χ3n) is 5.43. The molecule has 0 aliphatic heterocycles. The number of hydrogen-bond acceptors (Lipinski definition) is 4. The Hall–Kier alpha value is -2.10. The molecule has 162 valence electrons. The van der Waals surface area contributed by atoms with Crippen molar-refractivity contribution in [3.05, 3.63) is 47.2 Å². The molecule has 2 unspecified atom stereocenters. The molecular weight excluding hydrogens is 360 g/mol. The first-order valence-electron chi connectivity index (χ1n) is 11.1. The van der Waals surface area contributed by atoms with Gasteiger partial charge in [-0.25, -0.2) is 0 Å². The fraction of sp³-hybridized carbons (Fsp3) is 0.600. The largest absolute Gasteiger partial charge is 0.368 e. The van der Waals surface area contributed by atoms with E-state index >= 15 is 0 Å². The second-order valence-corrected chi connectivity index (χ2v) is 8.15. The molecule has 0 saturated heterocycles. The molecule has 1 aliphatic rings. The summed E-state index contributed by atoms with van der Waals surface area (Å²) < 4.78 is 4.95. The highest BCUT2D eigenvalue weighted by molar-refractivity contribution is 5.44. The van der Waals surface area contributed by atoms with Crippen LogP contribution < -0.4 is 5.73 Å². The van der Waals surface area contributed by atoms with E-state index in [1.807, 2.05) is 6.07 Å². The topological polar surface area (TPSA) is 69.1 Å². The fourth-order valence-corrected chi connectivity index (χ4v) is 3.23. The van der Waals surface area contributed by atoms with Crippen LogP contribution in [0.25, 0.3) is 0 Å². The molecule has 0 amide bonds.